The van der Waals surface area contributed by atoms with Crippen LogP contribution in [-0.4, -0.2) is 36.3 Å². The second-order valence-electron chi connectivity index (χ2n) is 2.90. The summed E-state index contributed by atoms with van der Waals surface area (Å²) in [5.74, 6) is 0. The summed E-state index contributed by atoms with van der Waals surface area (Å²) in [4.78, 5) is 3.28. The van der Waals surface area contributed by atoms with Gasteiger partial charge >= 0.3 is 0 Å². The van der Waals surface area contributed by atoms with Gasteiger partial charge in [-0.25, -0.2) is 0 Å². The van der Waals surface area contributed by atoms with Gasteiger partial charge in [0.25, 0.3) is 0 Å². The van der Waals surface area contributed by atoms with Gasteiger partial charge in [-0.1, -0.05) is 12.2 Å². The van der Waals surface area contributed by atoms with E-state index in [2.05, 4.69) is 23.4 Å². The molecule has 13 heavy (non-hydrogen) atoms. The van der Waals surface area contributed by atoms with Crippen molar-refractivity contribution in [2.45, 2.75) is 13.3 Å². The van der Waals surface area contributed by atoms with Crippen LogP contribution in [0, 0.1) is 0 Å². The molecule has 1 N–H and O–H groups in total. The normalized spacial score (nSPS) is 16.7. The number of nitrogens with one attached hydrogen (secondary N) is 1. The third-order valence-electron chi connectivity index (χ3n) is 2.25. The fraction of sp³-hybridized carbons (Fsp3) is 0.667. The Labute approximate surface area is 89.8 Å². The minimum absolute atomic E-state index is 0.903. The molecule has 0 atom stereocenters. The number of rotatable bonds is 3. The second-order valence-corrected chi connectivity index (χ2v) is 4.10. The lowest BCUT2D eigenvalue weighted by Gasteiger charge is -2.18. The first-order chi connectivity index (χ1) is 6.24. The van der Waals surface area contributed by atoms with Crippen molar-refractivity contribution in [3.8, 4) is 0 Å². The van der Waals surface area contributed by atoms with Crippen molar-refractivity contribution >= 4 is 29.0 Å². The minimum atomic E-state index is 0.903. The molecule has 0 saturated carbocycles. The van der Waals surface area contributed by atoms with Crippen LogP contribution in [0.2, 0.25) is 0 Å². The van der Waals surface area contributed by atoms with Crippen molar-refractivity contribution in [1.29, 1.82) is 0 Å². The second kappa shape index (κ2) is 4.86. The molecule has 0 amide bonds. The van der Waals surface area contributed by atoms with Crippen LogP contribution in [-0.2, 0) is 0 Å². The van der Waals surface area contributed by atoms with Crippen LogP contribution in [0.5, 0.6) is 0 Å². The summed E-state index contributed by atoms with van der Waals surface area (Å²) >= 11 is 7.05. The van der Waals surface area contributed by atoms with Gasteiger partial charge < -0.3 is 10.2 Å². The highest BCUT2D eigenvalue weighted by Crippen LogP contribution is 2.30. The van der Waals surface area contributed by atoms with E-state index in [4.69, 9.17) is 12.2 Å². The largest absolute Gasteiger partial charge is 0.379 e. The van der Waals surface area contributed by atoms with Crippen molar-refractivity contribution in [1.82, 2.24) is 10.2 Å². The Bertz CT molecular complexity index is 236. The maximum absolute atomic E-state index is 5.25. The summed E-state index contributed by atoms with van der Waals surface area (Å²) in [6, 6.07) is 0. The monoisotopic (exact) mass is 216 g/mol. The molecule has 0 radical (unpaired) electrons. The summed E-state index contributed by atoms with van der Waals surface area (Å²) in [6.45, 7) is 4.37. The Kier molecular flexibility index (Phi) is 4.06. The maximum atomic E-state index is 5.25. The van der Waals surface area contributed by atoms with Crippen LogP contribution < -0.4 is 5.32 Å². The summed E-state index contributed by atoms with van der Waals surface area (Å²) in [6.07, 6.45) is 3.20. The number of nitrogens with zero attached hydrogens (tertiary/aromatic N) is 1. The Hall–Kier alpha value is -0.220. The Morgan fingerprint density at radius 2 is 2.38 bits per heavy atom. The molecule has 0 spiro atoms. The molecule has 2 nitrogen and oxygen atoms in total. The highest BCUT2D eigenvalue weighted by molar-refractivity contribution is 8.02. The van der Waals surface area contributed by atoms with Gasteiger partial charge in [0.1, 0.15) is 4.99 Å². The van der Waals surface area contributed by atoms with E-state index in [-0.39, 0.29) is 0 Å². The minimum Gasteiger partial charge on any atom is -0.379 e. The first-order valence-corrected chi connectivity index (χ1v) is 6.12. The third kappa shape index (κ3) is 2.17. The standard InChI is InChI=1S/C9H16N2S2/c1-4-11-6-5-7(8(12)10-2)9(11)13-3/h4-6H2,1-3H3,(H,10,12). The number of hydrogen-bond acceptors (Lipinski definition) is 3. The number of thiocarbonyl (C=S) groups is 1. The molecule has 0 aromatic rings. The zero-order valence-corrected chi connectivity index (χ0v) is 10.0. The van der Waals surface area contributed by atoms with Gasteiger partial charge in [-0.3, -0.25) is 0 Å². The lowest BCUT2D eigenvalue weighted by atomic mass is 10.2. The topological polar surface area (TPSA) is 15.3 Å². The molecule has 1 rings (SSSR count). The predicted molar refractivity (Wildman–Crippen MR) is 64.1 cm³/mol. The van der Waals surface area contributed by atoms with Gasteiger partial charge in [0.05, 0.1) is 5.03 Å². The van der Waals surface area contributed by atoms with Gasteiger partial charge in [0.2, 0.25) is 0 Å². The Morgan fingerprint density at radius 1 is 1.69 bits per heavy atom. The summed E-state index contributed by atoms with van der Waals surface area (Å²) in [5.41, 5.74) is 1.31. The van der Waals surface area contributed by atoms with Crippen LogP contribution in [0.15, 0.2) is 10.6 Å². The zero-order chi connectivity index (χ0) is 9.84. The number of likely N-dealkylation sites (N-methyl/N-ethyl adjacent to an activating group) is 1. The molecule has 0 aromatic carbocycles. The molecular formula is C9H16N2S2. The van der Waals surface area contributed by atoms with Gasteiger partial charge in [-0.15, -0.1) is 11.8 Å². The van der Waals surface area contributed by atoms with Crippen LogP contribution in [0.4, 0.5) is 0 Å². The molecule has 0 aromatic heterocycles. The molecule has 0 saturated heterocycles. The van der Waals surface area contributed by atoms with Crippen molar-refractivity contribution in [2.24, 2.45) is 0 Å². The third-order valence-corrected chi connectivity index (χ3v) is 3.60. The van der Waals surface area contributed by atoms with Crippen LogP contribution in [0.3, 0.4) is 0 Å². The highest BCUT2D eigenvalue weighted by atomic mass is 32.2. The zero-order valence-electron chi connectivity index (χ0n) is 8.39. The van der Waals surface area contributed by atoms with E-state index in [1.807, 2.05) is 7.05 Å². The highest BCUT2D eigenvalue weighted by Gasteiger charge is 2.22. The van der Waals surface area contributed by atoms with E-state index in [1.165, 1.54) is 10.6 Å². The molecular weight excluding hydrogens is 200 g/mol. The van der Waals surface area contributed by atoms with Crippen molar-refractivity contribution < 1.29 is 0 Å². The molecule has 0 aliphatic carbocycles. The summed E-state index contributed by atoms with van der Waals surface area (Å²) in [5, 5.41) is 4.40. The number of hydrogen-bond donors (Lipinski definition) is 1. The molecule has 74 valence electrons. The molecule has 0 unspecified atom stereocenters. The van der Waals surface area contributed by atoms with Crippen molar-refractivity contribution in [2.75, 3.05) is 26.4 Å². The van der Waals surface area contributed by atoms with Gasteiger partial charge in [0.15, 0.2) is 0 Å². The fourth-order valence-electron chi connectivity index (χ4n) is 1.56. The predicted octanol–water partition coefficient (Wildman–Crippen LogP) is 1.83. The van der Waals surface area contributed by atoms with Crippen molar-refractivity contribution in [3.05, 3.63) is 10.6 Å². The average molecular weight is 216 g/mol. The maximum Gasteiger partial charge on any atom is 0.104 e. The summed E-state index contributed by atoms with van der Waals surface area (Å²) in [7, 11) is 1.89. The molecule has 0 bridgehead atoms. The smallest absolute Gasteiger partial charge is 0.104 e. The Balaban J connectivity index is 2.85. The van der Waals surface area contributed by atoms with E-state index < -0.39 is 0 Å². The molecule has 0 fully saturated rings. The first kappa shape index (κ1) is 10.9. The number of thioether (sulfide) groups is 1. The van der Waals surface area contributed by atoms with Gasteiger partial charge in [-0.05, 0) is 19.6 Å². The van der Waals surface area contributed by atoms with Crippen LogP contribution in [0.1, 0.15) is 13.3 Å². The summed E-state index contributed by atoms with van der Waals surface area (Å²) < 4.78 is 0. The lowest BCUT2D eigenvalue weighted by Crippen LogP contribution is -2.19. The molecule has 1 aliphatic rings. The Morgan fingerprint density at radius 3 is 2.85 bits per heavy atom. The molecule has 4 heteroatoms. The van der Waals surface area contributed by atoms with E-state index in [1.54, 1.807) is 11.8 Å². The molecule has 1 aliphatic heterocycles. The quantitative estimate of drug-likeness (QED) is 0.724. The van der Waals surface area contributed by atoms with E-state index in [0.717, 1.165) is 24.5 Å². The fourth-order valence-corrected chi connectivity index (χ4v) is 2.75. The van der Waals surface area contributed by atoms with E-state index in [9.17, 15) is 0 Å². The van der Waals surface area contributed by atoms with E-state index in [0.29, 0.717) is 0 Å². The molecule has 1 heterocycles. The SMILES string of the molecule is CCN1CCC(C(=S)NC)=C1SC. The average Bonchev–Trinajstić information content (AvgIpc) is 2.58. The van der Waals surface area contributed by atoms with Gasteiger partial charge in [-0.2, -0.15) is 0 Å². The first-order valence-electron chi connectivity index (χ1n) is 4.48. The van der Waals surface area contributed by atoms with Crippen molar-refractivity contribution in [3.63, 3.8) is 0 Å². The van der Waals surface area contributed by atoms with Crippen LogP contribution >= 0.6 is 24.0 Å². The van der Waals surface area contributed by atoms with Gasteiger partial charge in [0, 0.05) is 25.7 Å². The lowest BCUT2D eigenvalue weighted by molar-refractivity contribution is 0.421. The van der Waals surface area contributed by atoms with E-state index >= 15 is 0 Å². The van der Waals surface area contributed by atoms with Crippen LogP contribution in [0.25, 0.3) is 0 Å².